The smallest absolute Gasteiger partial charge is 0.159 e. The molecule has 1 fully saturated rings. The number of carbonyl (C=O) groups is 1. The molecule has 0 bridgehead atoms. The van der Waals surface area contributed by atoms with Crippen LogP contribution >= 0.6 is 11.8 Å². The van der Waals surface area contributed by atoms with Crippen molar-refractivity contribution in [3.63, 3.8) is 0 Å². The van der Waals surface area contributed by atoms with E-state index in [4.69, 9.17) is 0 Å². The van der Waals surface area contributed by atoms with E-state index in [1.54, 1.807) is 6.92 Å². The average Bonchev–Trinajstić information content (AvgIpc) is 2.81. The molecule has 16 heavy (non-hydrogen) atoms. The highest BCUT2D eigenvalue weighted by molar-refractivity contribution is 7.99. The molecule has 1 heterocycles. The molecule has 0 amide bonds. The second-order valence-corrected chi connectivity index (χ2v) is 5.74. The van der Waals surface area contributed by atoms with Gasteiger partial charge >= 0.3 is 0 Å². The van der Waals surface area contributed by atoms with E-state index < -0.39 is 0 Å². The highest BCUT2D eigenvalue weighted by Crippen LogP contribution is 2.35. The highest BCUT2D eigenvalue weighted by Gasteiger charge is 2.22. The van der Waals surface area contributed by atoms with Crippen molar-refractivity contribution in [2.24, 2.45) is 5.92 Å². The molecule has 1 aromatic carbocycles. The van der Waals surface area contributed by atoms with Crippen LogP contribution < -0.4 is 0 Å². The normalized spacial score (nSPS) is 22.0. The molecule has 0 spiro atoms. The zero-order valence-electron chi connectivity index (χ0n) is 9.90. The van der Waals surface area contributed by atoms with Crippen molar-refractivity contribution in [1.29, 1.82) is 0 Å². The predicted octanol–water partition coefficient (Wildman–Crippen LogP) is 3.75. The van der Waals surface area contributed by atoms with Crippen LogP contribution in [0.5, 0.6) is 0 Å². The standard InChI is InChI=1S/C14H18OS/c1-10(14-7-8-16-9-14)12-3-5-13(6-4-12)11(2)15/h3-6,10,14H,7-9H2,1-2H3. The Bertz CT molecular complexity index is 363. The molecule has 2 atom stereocenters. The van der Waals surface area contributed by atoms with E-state index in [0.29, 0.717) is 5.92 Å². The Labute approximate surface area is 102 Å². The molecule has 1 nitrogen and oxygen atoms in total. The van der Waals surface area contributed by atoms with Gasteiger partial charge in [0.05, 0.1) is 0 Å². The van der Waals surface area contributed by atoms with Crippen molar-refractivity contribution < 1.29 is 4.79 Å². The molecule has 86 valence electrons. The quantitative estimate of drug-likeness (QED) is 0.741. The first-order chi connectivity index (χ1) is 7.68. The van der Waals surface area contributed by atoms with Gasteiger partial charge in [-0.1, -0.05) is 31.2 Å². The first-order valence-electron chi connectivity index (χ1n) is 5.87. The summed E-state index contributed by atoms with van der Waals surface area (Å²) in [6, 6.07) is 8.14. The van der Waals surface area contributed by atoms with E-state index in [1.165, 1.54) is 23.5 Å². The molecule has 1 aliphatic rings. The Morgan fingerprint density at radius 1 is 1.38 bits per heavy atom. The van der Waals surface area contributed by atoms with Crippen molar-refractivity contribution in [3.05, 3.63) is 35.4 Å². The Morgan fingerprint density at radius 3 is 2.56 bits per heavy atom. The first kappa shape index (κ1) is 11.7. The Kier molecular flexibility index (Phi) is 3.70. The summed E-state index contributed by atoms with van der Waals surface area (Å²) in [5.41, 5.74) is 2.19. The van der Waals surface area contributed by atoms with Crippen LogP contribution in [0.2, 0.25) is 0 Å². The molecular weight excluding hydrogens is 216 g/mol. The molecule has 1 saturated heterocycles. The van der Waals surface area contributed by atoms with Crippen LogP contribution in [0.1, 0.15) is 42.1 Å². The first-order valence-corrected chi connectivity index (χ1v) is 7.02. The lowest BCUT2D eigenvalue weighted by atomic mass is 9.87. The monoisotopic (exact) mass is 234 g/mol. The maximum atomic E-state index is 11.2. The average molecular weight is 234 g/mol. The number of hydrogen-bond acceptors (Lipinski definition) is 2. The third-order valence-corrected chi connectivity index (χ3v) is 4.70. The lowest BCUT2D eigenvalue weighted by Crippen LogP contribution is -2.09. The third-order valence-electron chi connectivity index (χ3n) is 3.52. The number of hydrogen-bond donors (Lipinski definition) is 0. The molecule has 0 radical (unpaired) electrons. The Hall–Kier alpha value is -0.760. The number of benzene rings is 1. The maximum absolute atomic E-state index is 11.2. The lowest BCUT2D eigenvalue weighted by Gasteiger charge is -2.18. The summed E-state index contributed by atoms with van der Waals surface area (Å²) in [4.78, 5) is 11.2. The van der Waals surface area contributed by atoms with Gasteiger partial charge in [0, 0.05) is 5.56 Å². The van der Waals surface area contributed by atoms with Crippen LogP contribution in [0.15, 0.2) is 24.3 Å². The summed E-state index contributed by atoms with van der Waals surface area (Å²) >= 11 is 2.06. The fourth-order valence-electron chi connectivity index (χ4n) is 2.24. The zero-order chi connectivity index (χ0) is 11.5. The maximum Gasteiger partial charge on any atom is 0.159 e. The second kappa shape index (κ2) is 5.05. The highest BCUT2D eigenvalue weighted by atomic mass is 32.2. The van der Waals surface area contributed by atoms with Gasteiger partial charge in [-0.25, -0.2) is 0 Å². The van der Waals surface area contributed by atoms with E-state index in [1.807, 2.05) is 12.1 Å². The summed E-state index contributed by atoms with van der Waals surface area (Å²) in [5, 5.41) is 0. The molecule has 1 aliphatic heterocycles. The van der Waals surface area contributed by atoms with Crippen LogP contribution in [-0.4, -0.2) is 17.3 Å². The van der Waals surface area contributed by atoms with Crippen LogP contribution in [0.4, 0.5) is 0 Å². The van der Waals surface area contributed by atoms with Crippen LogP contribution in [0.25, 0.3) is 0 Å². The SMILES string of the molecule is CC(=O)c1ccc(C(C)C2CCSC2)cc1. The summed E-state index contributed by atoms with van der Waals surface area (Å²) in [6.07, 6.45) is 1.33. The van der Waals surface area contributed by atoms with Crippen molar-refractivity contribution in [1.82, 2.24) is 0 Å². The van der Waals surface area contributed by atoms with Gasteiger partial charge in [-0.2, -0.15) is 11.8 Å². The molecule has 2 unspecified atom stereocenters. The minimum absolute atomic E-state index is 0.149. The van der Waals surface area contributed by atoms with Gasteiger partial charge in [0.2, 0.25) is 0 Å². The minimum atomic E-state index is 0.149. The number of rotatable bonds is 3. The van der Waals surface area contributed by atoms with Crippen molar-refractivity contribution in [3.8, 4) is 0 Å². The molecule has 1 aromatic rings. The molecule has 2 heteroatoms. The van der Waals surface area contributed by atoms with Gasteiger partial charge in [0.1, 0.15) is 0 Å². The molecular formula is C14H18OS. The van der Waals surface area contributed by atoms with Gasteiger partial charge in [-0.3, -0.25) is 4.79 Å². The Morgan fingerprint density at radius 2 is 2.06 bits per heavy atom. The number of Topliss-reactive ketones (excluding diaryl/α,β-unsaturated/α-hetero) is 1. The molecule has 2 rings (SSSR count). The third kappa shape index (κ3) is 2.49. The van der Waals surface area contributed by atoms with Gasteiger partial charge in [-0.05, 0) is 42.2 Å². The summed E-state index contributed by atoms with van der Waals surface area (Å²) in [5.74, 6) is 4.18. The summed E-state index contributed by atoms with van der Waals surface area (Å²) in [6.45, 7) is 3.92. The van der Waals surface area contributed by atoms with E-state index in [2.05, 4.69) is 30.8 Å². The van der Waals surface area contributed by atoms with E-state index in [-0.39, 0.29) is 5.78 Å². The van der Waals surface area contributed by atoms with E-state index >= 15 is 0 Å². The Balaban J connectivity index is 2.11. The van der Waals surface area contributed by atoms with Crippen LogP contribution in [0.3, 0.4) is 0 Å². The van der Waals surface area contributed by atoms with Gasteiger partial charge in [-0.15, -0.1) is 0 Å². The lowest BCUT2D eigenvalue weighted by molar-refractivity contribution is 0.101. The van der Waals surface area contributed by atoms with Crippen LogP contribution in [0, 0.1) is 5.92 Å². The van der Waals surface area contributed by atoms with Gasteiger partial charge in [0.25, 0.3) is 0 Å². The van der Waals surface area contributed by atoms with Gasteiger partial charge in [0.15, 0.2) is 5.78 Å². The van der Waals surface area contributed by atoms with Crippen LogP contribution in [-0.2, 0) is 0 Å². The van der Waals surface area contributed by atoms with E-state index in [0.717, 1.165) is 11.5 Å². The molecule has 0 saturated carbocycles. The molecule has 0 aliphatic carbocycles. The minimum Gasteiger partial charge on any atom is -0.295 e. The van der Waals surface area contributed by atoms with Crippen molar-refractivity contribution in [2.45, 2.75) is 26.2 Å². The fraction of sp³-hybridized carbons (Fsp3) is 0.500. The number of carbonyl (C=O) groups excluding carboxylic acids is 1. The van der Waals surface area contributed by atoms with Crippen molar-refractivity contribution in [2.75, 3.05) is 11.5 Å². The van der Waals surface area contributed by atoms with Crippen molar-refractivity contribution >= 4 is 17.5 Å². The largest absolute Gasteiger partial charge is 0.295 e. The molecule has 0 N–H and O–H groups in total. The zero-order valence-corrected chi connectivity index (χ0v) is 10.7. The van der Waals surface area contributed by atoms with Gasteiger partial charge < -0.3 is 0 Å². The second-order valence-electron chi connectivity index (χ2n) is 4.59. The fourth-order valence-corrected chi connectivity index (χ4v) is 3.63. The number of ketones is 1. The topological polar surface area (TPSA) is 17.1 Å². The summed E-state index contributed by atoms with van der Waals surface area (Å²) in [7, 11) is 0. The number of thioether (sulfide) groups is 1. The molecule has 0 aromatic heterocycles. The summed E-state index contributed by atoms with van der Waals surface area (Å²) < 4.78 is 0. The predicted molar refractivity (Wildman–Crippen MR) is 70.3 cm³/mol. The van der Waals surface area contributed by atoms with E-state index in [9.17, 15) is 4.79 Å².